The first kappa shape index (κ1) is 21.6. The van der Waals surface area contributed by atoms with E-state index in [0.29, 0.717) is 30.8 Å². The molecular formula is C22H22IN5O2. The minimum atomic E-state index is 0. The molecule has 0 atom stereocenters. The molecule has 0 fully saturated rings. The lowest BCUT2D eigenvalue weighted by Gasteiger charge is -2.09. The van der Waals surface area contributed by atoms with Gasteiger partial charge in [-0.15, -0.1) is 24.0 Å². The maximum absolute atomic E-state index is 5.56. The minimum absolute atomic E-state index is 0. The molecule has 2 heterocycles. The van der Waals surface area contributed by atoms with Gasteiger partial charge in [0.2, 0.25) is 11.8 Å². The Labute approximate surface area is 191 Å². The molecule has 7 nitrogen and oxygen atoms in total. The van der Waals surface area contributed by atoms with Gasteiger partial charge < -0.3 is 19.5 Å². The SMILES string of the molecule is CN=C(NCc1coc(-c2ccccc2)n1)NCc1coc(-c2ccccc2)n1.I. The number of guanidine groups is 1. The van der Waals surface area contributed by atoms with Crippen molar-refractivity contribution in [3.8, 4) is 22.9 Å². The fraction of sp³-hybridized carbons (Fsp3) is 0.136. The van der Waals surface area contributed by atoms with Gasteiger partial charge in [0.15, 0.2) is 5.96 Å². The summed E-state index contributed by atoms with van der Waals surface area (Å²) in [7, 11) is 1.71. The summed E-state index contributed by atoms with van der Waals surface area (Å²) in [6.07, 6.45) is 3.29. The van der Waals surface area contributed by atoms with Gasteiger partial charge in [0, 0.05) is 18.2 Å². The molecule has 8 heteroatoms. The number of hydrogen-bond acceptors (Lipinski definition) is 5. The van der Waals surface area contributed by atoms with Crippen LogP contribution in [0.2, 0.25) is 0 Å². The quantitative estimate of drug-likeness (QED) is 0.224. The number of benzene rings is 2. The number of nitrogens with zero attached hydrogens (tertiary/aromatic N) is 3. The molecule has 0 aliphatic carbocycles. The van der Waals surface area contributed by atoms with Gasteiger partial charge in [-0.1, -0.05) is 36.4 Å². The number of aliphatic imine (C=N–C) groups is 1. The largest absolute Gasteiger partial charge is 0.444 e. The van der Waals surface area contributed by atoms with E-state index in [-0.39, 0.29) is 24.0 Å². The molecule has 0 amide bonds. The normalized spacial score (nSPS) is 10.2. The lowest BCUT2D eigenvalue weighted by Crippen LogP contribution is -2.36. The van der Waals surface area contributed by atoms with Crippen molar-refractivity contribution in [1.82, 2.24) is 20.6 Å². The summed E-state index contributed by atoms with van der Waals surface area (Å²) in [6, 6.07) is 19.6. The molecule has 2 aromatic carbocycles. The molecule has 0 aliphatic rings. The van der Waals surface area contributed by atoms with Crippen LogP contribution >= 0.6 is 24.0 Å². The van der Waals surface area contributed by atoms with Gasteiger partial charge in [0.25, 0.3) is 0 Å². The van der Waals surface area contributed by atoms with Crippen molar-refractivity contribution in [3.05, 3.63) is 84.6 Å². The van der Waals surface area contributed by atoms with Crippen LogP contribution in [0, 0.1) is 0 Å². The zero-order valence-electron chi connectivity index (χ0n) is 16.4. The highest BCUT2D eigenvalue weighted by molar-refractivity contribution is 14.0. The van der Waals surface area contributed by atoms with E-state index < -0.39 is 0 Å². The smallest absolute Gasteiger partial charge is 0.226 e. The van der Waals surface area contributed by atoms with E-state index in [1.807, 2.05) is 60.7 Å². The Morgan fingerprint density at radius 1 is 0.767 bits per heavy atom. The maximum Gasteiger partial charge on any atom is 0.226 e. The molecule has 0 spiro atoms. The van der Waals surface area contributed by atoms with E-state index in [1.165, 1.54) is 0 Å². The lowest BCUT2D eigenvalue weighted by atomic mass is 10.2. The molecule has 2 N–H and O–H groups in total. The average Bonchev–Trinajstić information content (AvgIpc) is 3.45. The monoisotopic (exact) mass is 515 g/mol. The third-order valence-electron chi connectivity index (χ3n) is 4.24. The predicted octanol–water partition coefficient (Wildman–Crippen LogP) is 4.48. The van der Waals surface area contributed by atoms with Gasteiger partial charge in [-0.2, -0.15) is 0 Å². The summed E-state index contributed by atoms with van der Waals surface area (Å²) in [6.45, 7) is 0.980. The molecular weight excluding hydrogens is 493 g/mol. The van der Waals surface area contributed by atoms with Crippen molar-refractivity contribution in [1.29, 1.82) is 0 Å². The van der Waals surface area contributed by atoms with E-state index >= 15 is 0 Å². The van der Waals surface area contributed by atoms with Gasteiger partial charge in [-0.25, -0.2) is 9.97 Å². The third kappa shape index (κ3) is 5.47. The highest BCUT2D eigenvalue weighted by Gasteiger charge is 2.09. The first-order valence-corrected chi connectivity index (χ1v) is 9.26. The zero-order valence-corrected chi connectivity index (χ0v) is 18.7. The topological polar surface area (TPSA) is 88.5 Å². The van der Waals surface area contributed by atoms with Crippen LogP contribution < -0.4 is 10.6 Å². The van der Waals surface area contributed by atoms with E-state index in [4.69, 9.17) is 8.83 Å². The van der Waals surface area contributed by atoms with Crippen LogP contribution in [0.15, 0.2) is 87.0 Å². The molecule has 0 bridgehead atoms. The summed E-state index contributed by atoms with van der Waals surface area (Å²) in [5.74, 6) is 1.83. The van der Waals surface area contributed by atoms with Crippen LogP contribution in [-0.2, 0) is 13.1 Å². The van der Waals surface area contributed by atoms with E-state index in [2.05, 4.69) is 25.6 Å². The first-order valence-electron chi connectivity index (χ1n) is 9.26. The van der Waals surface area contributed by atoms with Gasteiger partial charge in [0.05, 0.1) is 24.5 Å². The van der Waals surface area contributed by atoms with Crippen molar-refractivity contribution < 1.29 is 8.83 Å². The van der Waals surface area contributed by atoms with Gasteiger partial charge in [0.1, 0.15) is 12.5 Å². The number of aromatic nitrogens is 2. The van der Waals surface area contributed by atoms with Crippen molar-refractivity contribution in [2.75, 3.05) is 7.05 Å². The van der Waals surface area contributed by atoms with Gasteiger partial charge >= 0.3 is 0 Å². The highest BCUT2D eigenvalue weighted by Crippen LogP contribution is 2.18. The van der Waals surface area contributed by atoms with Crippen LogP contribution in [0.3, 0.4) is 0 Å². The highest BCUT2D eigenvalue weighted by atomic mass is 127. The molecule has 30 heavy (non-hydrogen) atoms. The van der Waals surface area contributed by atoms with Crippen molar-refractivity contribution >= 4 is 29.9 Å². The number of nitrogens with one attached hydrogen (secondary N) is 2. The molecule has 0 saturated carbocycles. The Bertz CT molecular complexity index is 993. The molecule has 0 aliphatic heterocycles. The Morgan fingerprint density at radius 2 is 1.20 bits per heavy atom. The maximum atomic E-state index is 5.56. The summed E-state index contributed by atoms with van der Waals surface area (Å²) in [4.78, 5) is 13.2. The van der Waals surface area contributed by atoms with Crippen LogP contribution in [0.5, 0.6) is 0 Å². The Morgan fingerprint density at radius 3 is 1.60 bits per heavy atom. The van der Waals surface area contributed by atoms with E-state index in [1.54, 1.807) is 19.6 Å². The zero-order chi connectivity index (χ0) is 19.9. The fourth-order valence-electron chi connectivity index (χ4n) is 2.77. The van der Waals surface area contributed by atoms with E-state index in [0.717, 1.165) is 22.5 Å². The number of rotatable bonds is 6. The van der Waals surface area contributed by atoms with Crippen molar-refractivity contribution in [2.24, 2.45) is 4.99 Å². The van der Waals surface area contributed by atoms with Gasteiger partial charge in [-0.05, 0) is 24.3 Å². The Balaban J connectivity index is 0.00000256. The summed E-state index contributed by atoms with van der Waals surface area (Å²) >= 11 is 0. The van der Waals surface area contributed by atoms with Gasteiger partial charge in [-0.3, -0.25) is 4.99 Å². The Kier molecular flexibility index (Phi) is 7.61. The molecule has 0 saturated heterocycles. The summed E-state index contributed by atoms with van der Waals surface area (Å²) < 4.78 is 11.1. The second-order valence-corrected chi connectivity index (χ2v) is 6.30. The predicted molar refractivity (Wildman–Crippen MR) is 126 cm³/mol. The molecule has 4 rings (SSSR count). The lowest BCUT2D eigenvalue weighted by molar-refractivity contribution is 0.571. The fourth-order valence-corrected chi connectivity index (χ4v) is 2.77. The second kappa shape index (κ2) is 10.6. The number of hydrogen-bond donors (Lipinski definition) is 2. The third-order valence-corrected chi connectivity index (χ3v) is 4.24. The molecule has 4 aromatic rings. The van der Waals surface area contributed by atoms with E-state index in [9.17, 15) is 0 Å². The summed E-state index contributed by atoms with van der Waals surface area (Å²) in [5, 5.41) is 6.43. The molecule has 2 aromatic heterocycles. The molecule has 0 unspecified atom stereocenters. The molecule has 0 radical (unpaired) electrons. The second-order valence-electron chi connectivity index (χ2n) is 6.30. The standard InChI is InChI=1S/C22H21N5O2.HI/c1-23-22(24-12-18-14-28-20(26-18)16-8-4-2-5-9-16)25-13-19-15-29-21(27-19)17-10-6-3-7-11-17;/h2-11,14-15H,12-13H2,1H3,(H2,23,24,25);1H. The number of halogens is 1. The first-order chi connectivity index (χ1) is 14.3. The van der Waals surface area contributed by atoms with Crippen molar-refractivity contribution in [3.63, 3.8) is 0 Å². The average molecular weight is 515 g/mol. The van der Waals surface area contributed by atoms with Crippen molar-refractivity contribution in [2.45, 2.75) is 13.1 Å². The summed E-state index contributed by atoms with van der Waals surface area (Å²) in [5.41, 5.74) is 3.47. The Hall–Kier alpha value is -3.14. The van der Waals surface area contributed by atoms with Crippen LogP contribution in [0.4, 0.5) is 0 Å². The van der Waals surface area contributed by atoms with Crippen LogP contribution in [0.25, 0.3) is 22.9 Å². The van der Waals surface area contributed by atoms with Crippen LogP contribution in [-0.4, -0.2) is 23.0 Å². The van der Waals surface area contributed by atoms with Crippen LogP contribution in [0.1, 0.15) is 11.4 Å². The molecule has 154 valence electrons. The number of oxazole rings is 2. The minimum Gasteiger partial charge on any atom is -0.444 e.